The number of hydrogen-bond donors (Lipinski definition) is 2. The smallest absolute Gasteiger partial charge is 0.254 e. The van der Waals surface area contributed by atoms with E-state index in [1.807, 2.05) is 56.3 Å². The monoisotopic (exact) mass is 745 g/mol. The average Bonchev–Trinajstić information content (AvgIpc) is 3.09. The van der Waals surface area contributed by atoms with E-state index in [9.17, 15) is 19.6 Å². The summed E-state index contributed by atoms with van der Waals surface area (Å²) < 4.78 is 21.5. The minimum atomic E-state index is -0.587. The van der Waals surface area contributed by atoms with Gasteiger partial charge in [-0.1, -0.05) is 45.9 Å². The second-order valence-electron chi connectivity index (χ2n) is 17.5. The Balaban J connectivity index is 0.851. The van der Waals surface area contributed by atoms with E-state index < -0.39 is 17.8 Å². The molecule has 10 heteroatoms. The highest BCUT2D eigenvalue weighted by Crippen LogP contribution is 2.55. The molecule has 2 heterocycles. The van der Waals surface area contributed by atoms with Gasteiger partial charge in [-0.25, -0.2) is 4.39 Å². The Labute approximate surface area is 323 Å². The first-order valence-electron chi connectivity index (χ1n) is 19.4. The van der Waals surface area contributed by atoms with Gasteiger partial charge in [-0.2, -0.15) is 5.26 Å². The van der Waals surface area contributed by atoms with E-state index in [-0.39, 0.29) is 52.6 Å². The van der Waals surface area contributed by atoms with Crippen molar-refractivity contribution in [3.05, 3.63) is 106 Å². The van der Waals surface area contributed by atoms with Crippen LogP contribution >= 0.6 is 0 Å². The molecule has 9 nitrogen and oxygen atoms in total. The van der Waals surface area contributed by atoms with Crippen LogP contribution in [0.1, 0.15) is 95.8 Å². The highest BCUT2D eigenvalue weighted by Gasteiger charge is 2.64. The molecule has 4 aliphatic rings. The molecule has 4 fully saturated rings. The predicted octanol–water partition coefficient (Wildman–Crippen LogP) is 6.87. The van der Waals surface area contributed by atoms with Crippen LogP contribution < -0.4 is 20.3 Å². The Morgan fingerprint density at radius 3 is 2.20 bits per heavy atom. The van der Waals surface area contributed by atoms with Crippen LogP contribution in [0.25, 0.3) is 0 Å². The Hall–Kier alpha value is -5.01. The maximum atomic E-state index is 15.0. The van der Waals surface area contributed by atoms with E-state index in [0.29, 0.717) is 29.9 Å². The van der Waals surface area contributed by atoms with Gasteiger partial charge in [0.25, 0.3) is 11.8 Å². The van der Waals surface area contributed by atoms with Crippen LogP contribution in [0.4, 0.5) is 10.1 Å². The Kier molecular flexibility index (Phi) is 10.1. The number of nitrogens with one attached hydrogen (secondary N) is 2. The normalized spacial score (nSPS) is 23.5. The molecule has 2 aliphatic heterocycles. The summed E-state index contributed by atoms with van der Waals surface area (Å²) in [6.45, 7) is 20.8. The molecule has 0 aromatic heterocycles. The van der Waals surface area contributed by atoms with E-state index in [4.69, 9.17) is 4.74 Å². The minimum Gasteiger partial charge on any atom is -0.489 e. The molecule has 288 valence electrons. The van der Waals surface area contributed by atoms with Crippen molar-refractivity contribution < 1.29 is 23.5 Å². The van der Waals surface area contributed by atoms with Gasteiger partial charge in [-0.05, 0) is 91.9 Å². The van der Waals surface area contributed by atoms with Crippen molar-refractivity contribution >= 4 is 23.3 Å². The van der Waals surface area contributed by atoms with E-state index >= 15 is 4.39 Å². The zero-order chi connectivity index (χ0) is 39.4. The van der Waals surface area contributed by atoms with Crippen molar-refractivity contribution in [3.63, 3.8) is 0 Å². The van der Waals surface area contributed by atoms with Crippen LogP contribution in [-0.2, 0) is 4.79 Å². The number of rotatable bonds is 10. The molecule has 2 aliphatic carbocycles. The minimum absolute atomic E-state index is 0.0303. The molecule has 1 atom stereocenters. The number of nitrogens with zero attached hydrogens (tertiary/aromatic N) is 3. The van der Waals surface area contributed by atoms with Gasteiger partial charge < -0.3 is 25.2 Å². The molecule has 3 aromatic rings. The number of halogens is 1. The van der Waals surface area contributed by atoms with E-state index in [1.165, 1.54) is 12.1 Å². The number of Topliss-reactive ketones (excluding diaryl/α,β-unsaturated/α-hetero) is 1. The number of allylic oxidation sites excluding steroid dienone is 1. The topological polar surface area (TPSA) is 115 Å². The van der Waals surface area contributed by atoms with E-state index in [0.717, 1.165) is 66.4 Å². The Morgan fingerprint density at radius 1 is 0.945 bits per heavy atom. The predicted molar refractivity (Wildman–Crippen MR) is 211 cm³/mol. The molecular weight excluding hydrogens is 694 g/mol. The molecular formula is C45H52FN5O4. The molecule has 0 spiro atoms. The van der Waals surface area contributed by atoms with Gasteiger partial charge >= 0.3 is 0 Å². The summed E-state index contributed by atoms with van der Waals surface area (Å²) in [5.41, 5.74) is 5.29. The van der Waals surface area contributed by atoms with Crippen LogP contribution in [0, 0.1) is 47.7 Å². The average molecular weight is 746 g/mol. The number of anilines is 1. The molecule has 7 rings (SSSR count). The quantitative estimate of drug-likeness (QED) is 0.218. The highest BCUT2D eigenvalue weighted by atomic mass is 19.1. The standard InChI is InChI=1S/C45H52FN5O4/c1-26-8-15-38(39(52)16-26)48-41(54)35-14-11-31(19-37(35)46)32-24-50(25-32)21-29-22-51(23-29)33-12-9-30(10-13-33)40(53)49-42-44(4,5)43(45(42,6)7)55-34-17-27(2)36(20-47)28(3)18-34/h9-14,17-19,29,32,38,42-43H,1,8,15-16,21-25H2,2-7H3,(H,48,54)(H,49,53)/t38-,42?,43?/m0/s1. The van der Waals surface area contributed by atoms with Gasteiger partial charge in [0.1, 0.15) is 17.7 Å². The molecule has 0 radical (unpaired) electrons. The lowest BCUT2D eigenvalue weighted by Gasteiger charge is -2.63. The molecule has 2 saturated heterocycles. The Morgan fingerprint density at radius 2 is 1.60 bits per heavy atom. The number of ether oxygens (including phenoxy) is 1. The molecule has 55 heavy (non-hydrogen) atoms. The zero-order valence-corrected chi connectivity index (χ0v) is 32.8. The lowest BCUT2D eigenvalue weighted by atomic mass is 9.49. The SMILES string of the molecule is C=C1CC[C@H](NC(=O)c2ccc(C3CN(CC4CN(c5ccc(C(=O)NC6C(C)(C)C(Oc7cc(C)c(C#N)c(C)c7)C6(C)C)cc5)C4)C3)cc2F)C(=O)C1. The second-order valence-corrected chi connectivity index (χ2v) is 17.5. The summed E-state index contributed by atoms with van der Waals surface area (Å²) in [6, 6.07) is 18.1. The fraction of sp³-hybridized carbons (Fsp3) is 0.467. The number of hydrogen-bond acceptors (Lipinski definition) is 7. The van der Waals surface area contributed by atoms with Gasteiger partial charge in [0.05, 0.1) is 23.2 Å². The van der Waals surface area contributed by atoms with E-state index in [2.05, 4.69) is 60.8 Å². The van der Waals surface area contributed by atoms with Crippen LogP contribution in [0.15, 0.2) is 66.7 Å². The van der Waals surface area contributed by atoms with Crippen molar-refractivity contribution in [2.24, 2.45) is 16.7 Å². The van der Waals surface area contributed by atoms with Gasteiger partial charge in [-0.3, -0.25) is 14.4 Å². The highest BCUT2D eigenvalue weighted by molar-refractivity contribution is 5.99. The van der Waals surface area contributed by atoms with Crippen molar-refractivity contribution in [2.75, 3.05) is 37.6 Å². The largest absolute Gasteiger partial charge is 0.489 e. The first-order chi connectivity index (χ1) is 26.0. The first-order valence-corrected chi connectivity index (χ1v) is 19.4. The van der Waals surface area contributed by atoms with E-state index in [1.54, 1.807) is 0 Å². The summed E-state index contributed by atoms with van der Waals surface area (Å²) in [5.74, 6) is 0.212. The molecule has 0 bridgehead atoms. The number of aryl methyl sites for hydroxylation is 2. The fourth-order valence-corrected chi connectivity index (χ4v) is 9.66. The van der Waals surface area contributed by atoms with Gasteiger partial charge in [-0.15, -0.1) is 0 Å². The number of likely N-dealkylation sites (tertiary alicyclic amines) is 1. The number of nitriles is 1. The fourth-order valence-electron chi connectivity index (χ4n) is 9.66. The maximum Gasteiger partial charge on any atom is 0.254 e. The number of ketones is 1. The molecule has 2 N–H and O–H groups in total. The van der Waals surface area contributed by atoms with Crippen LogP contribution in [0.5, 0.6) is 5.75 Å². The van der Waals surface area contributed by atoms with Gasteiger partial charge in [0.15, 0.2) is 5.78 Å². The zero-order valence-electron chi connectivity index (χ0n) is 32.8. The number of amides is 2. The number of carbonyl (C=O) groups is 3. The maximum absolute atomic E-state index is 15.0. The lowest BCUT2D eigenvalue weighted by molar-refractivity contribution is -0.164. The summed E-state index contributed by atoms with van der Waals surface area (Å²) in [5, 5.41) is 15.5. The number of benzene rings is 3. The van der Waals surface area contributed by atoms with Crippen LogP contribution in [0.2, 0.25) is 0 Å². The van der Waals surface area contributed by atoms with Crippen molar-refractivity contribution in [1.29, 1.82) is 5.26 Å². The third kappa shape index (κ3) is 7.39. The lowest BCUT2D eigenvalue weighted by Crippen LogP contribution is -2.74. The summed E-state index contributed by atoms with van der Waals surface area (Å²) in [4.78, 5) is 43.2. The van der Waals surface area contributed by atoms with Crippen LogP contribution in [0.3, 0.4) is 0 Å². The Bertz CT molecular complexity index is 2030. The van der Waals surface area contributed by atoms with Crippen molar-refractivity contribution in [3.8, 4) is 11.8 Å². The molecule has 2 amide bonds. The molecule has 3 aromatic carbocycles. The third-order valence-corrected chi connectivity index (χ3v) is 12.5. The first kappa shape index (κ1) is 38.3. The molecule has 2 saturated carbocycles. The summed E-state index contributed by atoms with van der Waals surface area (Å²) >= 11 is 0. The number of carbonyl (C=O) groups excluding carboxylic acids is 3. The third-order valence-electron chi connectivity index (χ3n) is 12.5. The molecule has 0 unspecified atom stereocenters. The summed E-state index contributed by atoms with van der Waals surface area (Å²) in [7, 11) is 0. The van der Waals surface area contributed by atoms with Crippen molar-refractivity contribution in [1.82, 2.24) is 15.5 Å². The van der Waals surface area contributed by atoms with Crippen molar-refractivity contribution in [2.45, 2.75) is 84.9 Å². The van der Waals surface area contributed by atoms with Crippen LogP contribution in [-0.4, -0.2) is 73.4 Å². The van der Waals surface area contributed by atoms with Gasteiger partial charge in [0, 0.05) is 79.1 Å². The second kappa shape index (κ2) is 14.6. The van der Waals surface area contributed by atoms with Gasteiger partial charge in [0.2, 0.25) is 0 Å². The summed E-state index contributed by atoms with van der Waals surface area (Å²) in [6.07, 6.45) is 1.32.